The molecule has 8 nitrogen and oxygen atoms in total. The summed E-state index contributed by atoms with van der Waals surface area (Å²) in [4.78, 5) is 36.3. The summed E-state index contributed by atoms with van der Waals surface area (Å²) in [5.41, 5.74) is -0.340. The molecule has 0 saturated carbocycles. The van der Waals surface area contributed by atoms with Gasteiger partial charge in [-0.2, -0.15) is 0 Å². The van der Waals surface area contributed by atoms with Crippen molar-refractivity contribution in [3.05, 3.63) is 29.8 Å². The van der Waals surface area contributed by atoms with Gasteiger partial charge in [0, 0.05) is 6.42 Å². The average Bonchev–Trinajstić information content (AvgIpc) is 2.97. The molecule has 0 unspecified atom stereocenters. The van der Waals surface area contributed by atoms with Gasteiger partial charge in [-0.05, 0) is 45.0 Å². The van der Waals surface area contributed by atoms with Crippen molar-refractivity contribution in [2.75, 3.05) is 13.7 Å². The number of aliphatic carboxylic acids is 1. The number of carbonyl (C=O) groups is 3. The minimum atomic E-state index is -1.11. The number of rotatable bonds is 4. The number of methoxy groups -OCH3 is 1. The number of carboxylic acid groups (broad SMARTS) is 1. The van der Waals surface area contributed by atoms with E-state index >= 15 is 0 Å². The fourth-order valence-corrected chi connectivity index (χ4v) is 2.62. The molecule has 0 aliphatic carbocycles. The normalized spacial score (nSPS) is 19.8. The summed E-state index contributed by atoms with van der Waals surface area (Å²) in [5.74, 6) is -1.10. The SMILES string of the molecule is COC(=O)c1ccc(O[C@H]2C[C@@H](C(=O)O)N(C(=O)OC(C)(C)C)C2)cc1. The molecule has 1 aromatic rings. The van der Waals surface area contributed by atoms with Crippen LogP contribution in [0.1, 0.15) is 37.6 Å². The third-order valence-electron chi connectivity index (χ3n) is 3.75. The molecule has 26 heavy (non-hydrogen) atoms. The second kappa shape index (κ2) is 7.63. The molecule has 0 bridgehead atoms. The first-order valence-corrected chi connectivity index (χ1v) is 8.18. The van der Waals surface area contributed by atoms with Crippen LogP contribution in [0, 0.1) is 0 Å². The monoisotopic (exact) mass is 365 g/mol. The topological polar surface area (TPSA) is 102 Å². The second-order valence-corrected chi connectivity index (χ2v) is 6.98. The lowest BCUT2D eigenvalue weighted by Gasteiger charge is -2.26. The Morgan fingerprint density at radius 2 is 1.77 bits per heavy atom. The maximum absolute atomic E-state index is 12.3. The first-order chi connectivity index (χ1) is 12.1. The number of esters is 1. The van der Waals surface area contributed by atoms with Crippen LogP contribution in [0.25, 0.3) is 0 Å². The Bertz CT molecular complexity index is 678. The highest BCUT2D eigenvalue weighted by molar-refractivity contribution is 5.89. The van der Waals surface area contributed by atoms with Crippen LogP contribution in [0.2, 0.25) is 0 Å². The van der Waals surface area contributed by atoms with Crippen molar-refractivity contribution in [2.45, 2.75) is 44.9 Å². The molecule has 1 aliphatic heterocycles. The number of ether oxygens (including phenoxy) is 3. The van der Waals surface area contributed by atoms with Crippen LogP contribution >= 0.6 is 0 Å². The summed E-state index contributed by atoms with van der Waals surface area (Å²) in [6.45, 7) is 5.25. The van der Waals surface area contributed by atoms with Gasteiger partial charge in [0.25, 0.3) is 0 Å². The van der Waals surface area contributed by atoms with E-state index in [0.717, 1.165) is 0 Å². The Hall–Kier alpha value is -2.77. The number of benzene rings is 1. The van der Waals surface area contributed by atoms with Crippen molar-refractivity contribution in [2.24, 2.45) is 0 Å². The quantitative estimate of drug-likeness (QED) is 0.817. The lowest BCUT2D eigenvalue weighted by molar-refractivity contribution is -0.142. The maximum atomic E-state index is 12.3. The highest BCUT2D eigenvalue weighted by atomic mass is 16.6. The highest BCUT2D eigenvalue weighted by Gasteiger charge is 2.42. The molecular weight excluding hydrogens is 342 g/mol. The van der Waals surface area contributed by atoms with Crippen LogP contribution in [-0.2, 0) is 14.3 Å². The predicted molar refractivity (Wildman–Crippen MR) is 91.2 cm³/mol. The molecule has 1 fully saturated rings. The van der Waals surface area contributed by atoms with Crippen LogP contribution in [-0.4, -0.2) is 59.4 Å². The van der Waals surface area contributed by atoms with Crippen LogP contribution in [0.5, 0.6) is 5.75 Å². The van der Waals surface area contributed by atoms with Gasteiger partial charge in [-0.3, -0.25) is 4.90 Å². The Kier molecular flexibility index (Phi) is 5.74. The van der Waals surface area contributed by atoms with Gasteiger partial charge in [-0.1, -0.05) is 0 Å². The van der Waals surface area contributed by atoms with Gasteiger partial charge in [-0.25, -0.2) is 14.4 Å². The number of likely N-dealkylation sites (tertiary alicyclic amines) is 1. The van der Waals surface area contributed by atoms with Gasteiger partial charge < -0.3 is 19.3 Å². The lowest BCUT2D eigenvalue weighted by Crippen LogP contribution is -2.43. The first-order valence-electron chi connectivity index (χ1n) is 8.18. The number of hydrogen-bond acceptors (Lipinski definition) is 6. The molecule has 8 heteroatoms. The van der Waals surface area contributed by atoms with E-state index in [2.05, 4.69) is 4.74 Å². The third-order valence-corrected chi connectivity index (χ3v) is 3.75. The van der Waals surface area contributed by atoms with Crippen LogP contribution in [0.15, 0.2) is 24.3 Å². The Labute approximate surface area is 151 Å². The van der Waals surface area contributed by atoms with Gasteiger partial charge in [0.05, 0.1) is 19.2 Å². The van der Waals surface area contributed by atoms with Crippen molar-refractivity contribution < 1.29 is 33.7 Å². The molecule has 1 N–H and O–H groups in total. The molecule has 1 heterocycles. The van der Waals surface area contributed by atoms with E-state index in [-0.39, 0.29) is 13.0 Å². The van der Waals surface area contributed by atoms with E-state index in [9.17, 15) is 19.5 Å². The van der Waals surface area contributed by atoms with Crippen LogP contribution in [0.4, 0.5) is 4.79 Å². The summed E-state index contributed by atoms with van der Waals surface area (Å²) in [5, 5.41) is 9.38. The Morgan fingerprint density at radius 3 is 2.27 bits per heavy atom. The van der Waals surface area contributed by atoms with E-state index < -0.39 is 35.8 Å². The fourth-order valence-electron chi connectivity index (χ4n) is 2.62. The molecule has 142 valence electrons. The van der Waals surface area contributed by atoms with Gasteiger partial charge in [0.2, 0.25) is 0 Å². The largest absolute Gasteiger partial charge is 0.488 e. The van der Waals surface area contributed by atoms with E-state index in [1.54, 1.807) is 45.0 Å². The zero-order valence-electron chi connectivity index (χ0n) is 15.2. The Morgan fingerprint density at radius 1 is 1.15 bits per heavy atom. The number of amides is 1. The minimum absolute atomic E-state index is 0.102. The standard InChI is InChI=1S/C18H23NO7/c1-18(2,3)26-17(23)19-10-13(9-14(19)15(20)21)25-12-7-5-11(6-8-12)16(22)24-4/h5-8,13-14H,9-10H2,1-4H3,(H,20,21)/t13-,14-/m0/s1. The van der Waals surface area contributed by atoms with Crippen molar-refractivity contribution in [3.63, 3.8) is 0 Å². The maximum Gasteiger partial charge on any atom is 0.411 e. The number of hydrogen-bond donors (Lipinski definition) is 1. The van der Waals surface area contributed by atoms with Gasteiger partial charge >= 0.3 is 18.0 Å². The zero-order valence-corrected chi connectivity index (χ0v) is 15.2. The van der Waals surface area contributed by atoms with Crippen LogP contribution < -0.4 is 4.74 Å². The molecule has 1 saturated heterocycles. The summed E-state index contributed by atoms with van der Waals surface area (Å²) in [6, 6.07) is 5.28. The Balaban J connectivity index is 2.06. The third kappa shape index (κ3) is 4.87. The molecule has 0 aromatic heterocycles. The zero-order chi connectivity index (χ0) is 19.5. The van der Waals surface area contributed by atoms with Crippen molar-refractivity contribution >= 4 is 18.0 Å². The van der Waals surface area contributed by atoms with Crippen molar-refractivity contribution in [1.29, 1.82) is 0 Å². The number of nitrogens with zero attached hydrogens (tertiary/aromatic N) is 1. The smallest absolute Gasteiger partial charge is 0.411 e. The van der Waals surface area contributed by atoms with Gasteiger partial charge in [0.15, 0.2) is 0 Å². The second-order valence-electron chi connectivity index (χ2n) is 6.98. The van der Waals surface area contributed by atoms with E-state index in [4.69, 9.17) is 9.47 Å². The lowest BCUT2D eigenvalue weighted by atomic mass is 10.2. The molecule has 1 aliphatic rings. The average molecular weight is 365 g/mol. The summed E-state index contributed by atoms with van der Waals surface area (Å²) >= 11 is 0. The summed E-state index contributed by atoms with van der Waals surface area (Å²) < 4.78 is 15.7. The van der Waals surface area contributed by atoms with E-state index in [0.29, 0.717) is 11.3 Å². The summed E-state index contributed by atoms with van der Waals surface area (Å²) in [6.07, 6.45) is -1.03. The minimum Gasteiger partial charge on any atom is -0.488 e. The predicted octanol–water partition coefficient (Wildman–Crippen LogP) is 2.31. The molecule has 2 atom stereocenters. The van der Waals surface area contributed by atoms with E-state index in [1.165, 1.54) is 12.0 Å². The molecule has 1 amide bonds. The van der Waals surface area contributed by atoms with Crippen LogP contribution in [0.3, 0.4) is 0 Å². The molecular formula is C18H23NO7. The van der Waals surface area contributed by atoms with Gasteiger partial charge in [-0.15, -0.1) is 0 Å². The number of carbonyl (C=O) groups excluding carboxylic acids is 2. The highest BCUT2D eigenvalue weighted by Crippen LogP contribution is 2.25. The van der Waals surface area contributed by atoms with E-state index in [1.807, 2.05) is 0 Å². The molecule has 2 rings (SSSR count). The first kappa shape index (κ1) is 19.6. The van der Waals surface area contributed by atoms with Gasteiger partial charge in [0.1, 0.15) is 23.5 Å². The molecule has 0 spiro atoms. The molecule has 1 aromatic carbocycles. The summed E-state index contributed by atoms with van der Waals surface area (Å²) in [7, 11) is 1.29. The molecule has 0 radical (unpaired) electrons. The van der Waals surface area contributed by atoms with Crippen molar-refractivity contribution in [1.82, 2.24) is 4.90 Å². The van der Waals surface area contributed by atoms with Crippen molar-refractivity contribution in [3.8, 4) is 5.75 Å². The number of carboxylic acids is 1. The fraction of sp³-hybridized carbons (Fsp3) is 0.500.